The summed E-state index contributed by atoms with van der Waals surface area (Å²) in [6, 6.07) is 5.93. The van der Waals surface area contributed by atoms with Gasteiger partial charge >= 0.3 is 6.18 Å². The predicted octanol–water partition coefficient (Wildman–Crippen LogP) is 2.60. The van der Waals surface area contributed by atoms with Crippen LogP contribution in [-0.2, 0) is 17.7 Å². The molecule has 2 N–H and O–H groups in total. The number of fused-ring (bicyclic) bond motifs is 1. The SMILES string of the molecule is Nc1ccc2c(c1)CN(CCCOCC(F)(F)F)CC2. The summed E-state index contributed by atoms with van der Waals surface area (Å²) in [4.78, 5) is 2.22. The summed E-state index contributed by atoms with van der Waals surface area (Å²) in [7, 11) is 0. The van der Waals surface area contributed by atoms with Crippen LogP contribution in [-0.4, -0.2) is 37.4 Å². The summed E-state index contributed by atoms with van der Waals surface area (Å²) in [5.41, 5.74) is 9.04. The van der Waals surface area contributed by atoms with E-state index in [9.17, 15) is 13.2 Å². The molecule has 20 heavy (non-hydrogen) atoms. The lowest BCUT2D eigenvalue weighted by molar-refractivity contribution is -0.174. The second kappa shape index (κ2) is 6.45. The van der Waals surface area contributed by atoms with Crippen LogP contribution >= 0.6 is 0 Å². The fraction of sp³-hybridized carbons (Fsp3) is 0.571. The van der Waals surface area contributed by atoms with Crippen molar-refractivity contribution < 1.29 is 17.9 Å². The lowest BCUT2D eigenvalue weighted by Gasteiger charge is -2.28. The number of nitrogens with two attached hydrogens (primary N) is 1. The first-order chi connectivity index (χ1) is 9.44. The van der Waals surface area contributed by atoms with Crippen molar-refractivity contribution in [1.29, 1.82) is 0 Å². The molecule has 0 amide bonds. The van der Waals surface area contributed by atoms with Crippen molar-refractivity contribution in [2.75, 3.05) is 32.0 Å². The Labute approximate surface area is 116 Å². The van der Waals surface area contributed by atoms with E-state index in [-0.39, 0.29) is 6.61 Å². The average molecular weight is 288 g/mol. The number of halogens is 3. The summed E-state index contributed by atoms with van der Waals surface area (Å²) >= 11 is 0. The van der Waals surface area contributed by atoms with E-state index >= 15 is 0 Å². The smallest absolute Gasteiger partial charge is 0.399 e. The van der Waals surface area contributed by atoms with Crippen molar-refractivity contribution >= 4 is 5.69 Å². The van der Waals surface area contributed by atoms with E-state index < -0.39 is 12.8 Å². The Bertz CT molecular complexity index is 449. The summed E-state index contributed by atoms with van der Waals surface area (Å²) in [5, 5.41) is 0. The van der Waals surface area contributed by atoms with Crippen molar-refractivity contribution in [1.82, 2.24) is 4.90 Å². The molecule has 1 aliphatic heterocycles. The number of hydrogen-bond acceptors (Lipinski definition) is 3. The van der Waals surface area contributed by atoms with Crippen molar-refractivity contribution in [3.05, 3.63) is 29.3 Å². The van der Waals surface area contributed by atoms with Gasteiger partial charge in [-0.1, -0.05) is 6.07 Å². The van der Waals surface area contributed by atoms with E-state index in [1.807, 2.05) is 12.1 Å². The van der Waals surface area contributed by atoms with Gasteiger partial charge in [-0.15, -0.1) is 0 Å². The fourth-order valence-corrected chi connectivity index (χ4v) is 2.40. The standard InChI is InChI=1S/C14H19F3N2O/c15-14(16,17)10-20-7-1-5-19-6-4-11-2-3-13(18)8-12(11)9-19/h2-3,8H,1,4-7,9-10,18H2. The zero-order chi connectivity index (χ0) is 14.6. The molecule has 0 unspecified atom stereocenters. The van der Waals surface area contributed by atoms with Crippen molar-refractivity contribution in [3.8, 4) is 0 Å². The van der Waals surface area contributed by atoms with E-state index in [1.54, 1.807) is 0 Å². The van der Waals surface area contributed by atoms with Gasteiger partial charge in [-0.25, -0.2) is 0 Å². The van der Waals surface area contributed by atoms with Crippen LogP contribution in [0.2, 0.25) is 0 Å². The molecule has 0 saturated heterocycles. The Morgan fingerprint density at radius 3 is 2.80 bits per heavy atom. The Kier molecular flexibility index (Phi) is 4.88. The molecule has 112 valence electrons. The van der Waals surface area contributed by atoms with E-state index in [2.05, 4.69) is 15.7 Å². The molecular weight excluding hydrogens is 269 g/mol. The van der Waals surface area contributed by atoms with Crippen LogP contribution in [0.1, 0.15) is 17.5 Å². The maximum absolute atomic E-state index is 11.9. The molecule has 0 radical (unpaired) electrons. The highest BCUT2D eigenvalue weighted by molar-refractivity contribution is 5.45. The molecule has 6 heteroatoms. The first-order valence-corrected chi connectivity index (χ1v) is 6.68. The first kappa shape index (κ1) is 15.1. The summed E-state index contributed by atoms with van der Waals surface area (Å²) in [6.45, 7) is 1.45. The van der Waals surface area contributed by atoms with Gasteiger partial charge in [-0.3, -0.25) is 4.90 Å². The van der Waals surface area contributed by atoms with Crippen molar-refractivity contribution in [2.45, 2.75) is 25.6 Å². The van der Waals surface area contributed by atoms with Gasteiger partial charge in [0.2, 0.25) is 0 Å². The minimum atomic E-state index is -4.23. The number of anilines is 1. The van der Waals surface area contributed by atoms with Crippen LogP contribution in [0.5, 0.6) is 0 Å². The minimum absolute atomic E-state index is 0.139. The van der Waals surface area contributed by atoms with E-state index in [0.29, 0.717) is 6.42 Å². The maximum Gasteiger partial charge on any atom is 0.411 e. The van der Waals surface area contributed by atoms with Crippen molar-refractivity contribution in [3.63, 3.8) is 0 Å². The monoisotopic (exact) mass is 288 g/mol. The first-order valence-electron chi connectivity index (χ1n) is 6.68. The van der Waals surface area contributed by atoms with Gasteiger partial charge in [0.15, 0.2) is 0 Å². The summed E-state index contributed by atoms with van der Waals surface area (Å²) in [5.74, 6) is 0. The third-order valence-corrected chi connectivity index (χ3v) is 3.35. The largest absolute Gasteiger partial charge is 0.411 e. The topological polar surface area (TPSA) is 38.5 Å². The van der Waals surface area contributed by atoms with Gasteiger partial charge in [-0.05, 0) is 36.1 Å². The molecule has 0 saturated carbocycles. The number of nitrogens with zero attached hydrogens (tertiary/aromatic N) is 1. The molecule has 0 bridgehead atoms. The number of benzene rings is 1. The molecule has 0 aliphatic carbocycles. The second-order valence-electron chi connectivity index (χ2n) is 5.08. The molecule has 1 aromatic rings. The molecule has 0 fully saturated rings. The molecule has 3 nitrogen and oxygen atoms in total. The number of hydrogen-bond donors (Lipinski definition) is 1. The highest BCUT2D eigenvalue weighted by Crippen LogP contribution is 2.21. The number of ether oxygens (including phenoxy) is 1. The number of alkyl halides is 3. The zero-order valence-corrected chi connectivity index (χ0v) is 11.2. The Morgan fingerprint density at radius 2 is 2.05 bits per heavy atom. The molecule has 0 spiro atoms. The van der Waals surface area contributed by atoms with E-state index in [0.717, 1.165) is 31.7 Å². The van der Waals surface area contributed by atoms with E-state index in [1.165, 1.54) is 11.1 Å². The van der Waals surface area contributed by atoms with E-state index in [4.69, 9.17) is 5.73 Å². The lowest BCUT2D eigenvalue weighted by atomic mass is 9.99. The second-order valence-corrected chi connectivity index (χ2v) is 5.08. The Balaban J connectivity index is 1.71. The molecule has 0 atom stereocenters. The summed E-state index contributed by atoms with van der Waals surface area (Å²) in [6.07, 6.45) is -2.67. The molecule has 1 aromatic carbocycles. The zero-order valence-electron chi connectivity index (χ0n) is 11.2. The van der Waals surface area contributed by atoms with Gasteiger partial charge in [0.25, 0.3) is 0 Å². The minimum Gasteiger partial charge on any atom is -0.399 e. The number of rotatable bonds is 5. The third kappa shape index (κ3) is 4.68. The van der Waals surface area contributed by atoms with Crippen LogP contribution in [0, 0.1) is 0 Å². The van der Waals surface area contributed by atoms with Gasteiger partial charge in [0, 0.05) is 31.9 Å². The summed E-state index contributed by atoms with van der Waals surface area (Å²) < 4.78 is 40.3. The van der Waals surface area contributed by atoms with Crippen LogP contribution in [0.4, 0.5) is 18.9 Å². The quantitative estimate of drug-likeness (QED) is 0.668. The Morgan fingerprint density at radius 1 is 1.25 bits per heavy atom. The highest BCUT2D eigenvalue weighted by Gasteiger charge is 2.27. The highest BCUT2D eigenvalue weighted by atomic mass is 19.4. The molecule has 1 heterocycles. The van der Waals surface area contributed by atoms with Crippen LogP contribution in [0.15, 0.2) is 18.2 Å². The molecule has 2 rings (SSSR count). The molecule has 0 aromatic heterocycles. The maximum atomic E-state index is 11.9. The van der Waals surface area contributed by atoms with Crippen LogP contribution in [0.25, 0.3) is 0 Å². The number of nitrogen functional groups attached to an aromatic ring is 1. The molecular formula is C14H19F3N2O. The van der Waals surface area contributed by atoms with Crippen molar-refractivity contribution in [2.24, 2.45) is 0 Å². The van der Waals surface area contributed by atoms with Gasteiger partial charge < -0.3 is 10.5 Å². The third-order valence-electron chi connectivity index (χ3n) is 3.35. The van der Waals surface area contributed by atoms with Crippen LogP contribution in [0.3, 0.4) is 0 Å². The molecule has 1 aliphatic rings. The Hall–Kier alpha value is -1.27. The van der Waals surface area contributed by atoms with Crippen LogP contribution < -0.4 is 5.73 Å². The van der Waals surface area contributed by atoms with Gasteiger partial charge in [-0.2, -0.15) is 13.2 Å². The average Bonchev–Trinajstić information content (AvgIpc) is 2.36. The fourth-order valence-electron chi connectivity index (χ4n) is 2.40. The normalized spacial score (nSPS) is 16.1. The van der Waals surface area contributed by atoms with Gasteiger partial charge in [0.05, 0.1) is 0 Å². The van der Waals surface area contributed by atoms with Gasteiger partial charge in [0.1, 0.15) is 6.61 Å². The predicted molar refractivity (Wildman–Crippen MR) is 71.3 cm³/mol. The lowest BCUT2D eigenvalue weighted by Crippen LogP contribution is -2.32.